The predicted molar refractivity (Wildman–Crippen MR) is 92.3 cm³/mol. The van der Waals surface area contributed by atoms with Gasteiger partial charge >= 0.3 is 0 Å². The average molecular weight is 304 g/mol. The first-order chi connectivity index (χ1) is 11.2. The summed E-state index contributed by atoms with van der Waals surface area (Å²) < 4.78 is 0. The van der Waals surface area contributed by atoms with Crippen molar-refractivity contribution in [1.29, 1.82) is 0 Å². The van der Waals surface area contributed by atoms with Crippen LogP contribution < -0.4 is 0 Å². The Bertz CT molecular complexity index is 735. The Morgan fingerprint density at radius 3 is 2.26 bits per heavy atom. The standard InChI is InChI=1S/C20H20N2O/c1-21-12-14-22(15-13-21)20(23)19-9-5-8-18(16-19)11-10-17-6-3-2-4-7-17/h2-9,16H,12-15H2,1H3. The number of nitrogens with zero attached hydrogens (tertiary/aromatic N) is 2. The van der Waals surface area contributed by atoms with E-state index in [9.17, 15) is 4.79 Å². The van der Waals surface area contributed by atoms with Crippen LogP contribution in [0.15, 0.2) is 54.6 Å². The van der Waals surface area contributed by atoms with Gasteiger partial charge in [-0.05, 0) is 37.4 Å². The average Bonchev–Trinajstić information content (AvgIpc) is 2.61. The smallest absolute Gasteiger partial charge is 0.253 e. The van der Waals surface area contributed by atoms with Crippen LogP contribution in [0.25, 0.3) is 0 Å². The summed E-state index contributed by atoms with van der Waals surface area (Å²) in [5.74, 6) is 6.37. The maximum Gasteiger partial charge on any atom is 0.253 e. The Kier molecular flexibility index (Phi) is 4.75. The second-order valence-electron chi connectivity index (χ2n) is 5.79. The molecule has 1 amide bonds. The van der Waals surface area contributed by atoms with Crippen molar-refractivity contribution in [3.05, 3.63) is 71.3 Å². The van der Waals surface area contributed by atoms with E-state index in [4.69, 9.17) is 0 Å². The molecule has 1 aliphatic heterocycles. The number of benzene rings is 2. The Morgan fingerprint density at radius 2 is 1.52 bits per heavy atom. The highest BCUT2D eigenvalue weighted by Gasteiger charge is 2.20. The highest BCUT2D eigenvalue weighted by Crippen LogP contribution is 2.10. The number of piperazine rings is 1. The van der Waals surface area contributed by atoms with Crippen LogP contribution in [0.2, 0.25) is 0 Å². The molecule has 1 fully saturated rings. The second-order valence-corrected chi connectivity index (χ2v) is 5.79. The van der Waals surface area contributed by atoms with E-state index in [1.807, 2.05) is 59.5 Å². The Labute approximate surface area is 137 Å². The predicted octanol–water partition coefficient (Wildman–Crippen LogP) is 2.47. The fraction of sp³-hybridized carbons (Fsp3) is 0.250. The van der Waals surface area contributed by atoms with Gasteiger partial charge in [-0.2, -0.15) is 0 Å². The topological polar surface area (TPSA) is 23.6 Å². The summed E-state index contributed by atoms with van der Waals surface area (Å²) in [6, 6.07) is 17.5. The highest BCUT2D eigenvalue weighted by atomic mass is 16.2. The molecule has 0 N–H and O–H groups in total. The number of carbonyl (C=O) groups is 1. The first kappa shape index (κ1) is 15.3. The van der Waals surface area contributed by atoms with Crippen molar-refractivity contribution < 1.29 is 4.79 Å². The summed E-state index contributed by atoms with van der Waals surface area (Å²) in [7, 11) is 2.08. The molecule has 116 valence electrons. The van der Waals surface area contributed by atoms with Crippen molar-refractivity contribution in [2.75, 3.05) is 33.2 Å². The largest absolute Gasteiger partial charge is 0.336 e. The van der Waals surface area contributed by atoms with E-state index in [1.54, 1.807) is 0 Å². The molecule has 2 aromatic carbocycles. The quantitative estimate of drug-likeness (QED) is 0.756. The number of rotatable bonds is 1. The Balaban J connectivity index is 1.75. The van der Waals surface area contributed by atoms with E-state index in [1.165, 1.54) is 0 Å². The molecular formula is C20H20N2O. The molecule has 2 aromatic rings. The van der Waals surface area contributed by atoms with Gasteiger partial charge in [-0.25, -0.2) is 0 Å². The molecule has 1 aliphatic rings. The molecule has 0 aromatic heterocycles. The SMILES string of the molecule is CN1CCN(C(=O)c2cccc(C#Cc3ccccc3)c2)CC1. The van der Waals surface area contributed by atoms with Gasteiger partial charge in [0, 0.05) is 42.9 Å². The molecule has 0 spiro atoms. The minimum atomic E-state index is 0.0986. The van der Waals surface area contributed by atoms with E-state index in [2.05, 4.69) is 23.8 Å². The van der Waals surface area contributed by atoms with Gasteiger partial charge in [0.05, 0.1) is 0 Å². The van der Waals surface area contributed by atoms with E-state index >= 15 is 0 Å². The van der Waals surface area contributed by atoms with Crippen LogP contribution in [0.4, 0.5) is 0 Å². The minimum absolute atomic E-state index is 0.0986. The van der Waals surface area contributed by atoms with Crippen molar-refractivity contribution in [3.8, 4) is 11.8 Å². The van der Waals surface area contributed by atoms with Gasteiger partial charge in [0.25, 0.3) is 5.91 Å². The summed E-state index contributed by atoms with van der Waals surface area (Å²) in [5, 5.41) is 0. The summed E-state index contributed by atoms with van der Waals surface area (Å²) in [6.45, 7) is 3.43. The van der Waals surface area contributed by atoms with Gasteiger partial charge in [-0.3, -0.25) is 4.79 Å². The lowest BCUT2D eigenvalue weighted by atomic mass is 10.1. The third kappa shape index (κ3) is 4.00. The molecular weight excluding hydrogens is 284 g/mol. The van der Waals surface area contributed by atoms with Crippen molar-refractivity contribution in [1.82, 2.24) is 9.80 Å². The molecule has 3 rings (SSSR count). The molecule has 0 atom stereocenters. The van der Waals surface area contributed by atoms with Crippen LogP contribution in [-0.2, 0) is 0 Å². The van der Waals surface area contributed by atoms with Gasteiger partial charge in [-0.15, -0.1) is 0 Å². The van der Waals surface area contributed by atoms with Crippen LogP contribution in [0.5, 0.6) is 0 Å². The van der Waals surface area contributed by atoms with Crippen molar-refractivity contribution >= 4 is 5.91 Å². The van der Waals surface area contributed by atoms with Crippen molar-refractivity contribution in [2.45, 2.75) is 0 Å². The number of hydrogen-bond acceptors (Lipinski definition) is 2. The van der Waals surface area contributed by atoms with Gasteiger partial charge < -0.3 is 9.80 Å². The van der Waals surface area contributed by atoms with E-state index in [0.29, 0.717) is 0 Å². The Hall–Kier alpha value is -2.57. The van der Waals surface area contributed by atoms with Gasteiger partial charge in [0.2, 0.25) is 0 Å². The molecule has 0 aliphatic carbocycles. The van der Waals surface area contributed by atoms with Crippen LogP contribution in [0, 0.1) is 11.8 Å². The molecule has 1 saturated heterocycles. The molecule has 1 heterocycles. The molecule has 0 bridgehead atoms. The third-order valence-electron chi connectivity index (χ3n) is 4.02. The number of amides is 1. The molecule has 0 unspecified atom stereocenters. The summed E-state index contributed by atoms with van der Waals surface area (Å²) >= 11 is 0. The highest BCUT2D eigenvalue weighted by molar-refractivity contribution is 5.94. The van der Waals surface area contributed by atoms with Gasteiger partial charge in [0.15, 0.2) is 0 Å². The number of carbonyl (C=O) groups excluding carboxylic acids is 1. The second kappa shape index (κ2) is 7.13. The molecule has 23 heavy (non-hydrogen) atoms. The van der Waals surface area contributed by atoms with Gasteiger partial charge in [-0.1, -0.05) is 36.1 Å². The zero-order chi connectivity index (χ0) is 16.1. The maximum absolute atomic E-state index is 12.6. The zero-order valence-corrected chi connectivity index (χ0v) is 13.3. The molecule has 0 radical (unpaired) electrons. The van der Waals surface area contributed by atoms with Crippen LogP contribution >= 0.6 is 0 Å². The summed E-state index contributed by atoms with van der Waals surface area (Å²) in [5.41, 5.74) is 2.56. The lowest BCUT2D eigenvalue weighted by Crippen LogP contribution is -2.47. The van der Waals surface area contributed by atoms with E-state index < -0.39 is 0 Å². The molecule has 3 heteroatoms. The fourth-order valence-corrected chi connectivity index (χ4v) is 2.59. The number of hydrogen-bond donors (Lipinski definition) is 0. The number of likely N-dealkylation sites (N-methyl/N-ethyl adjacent to an activating group) is 1. The van der Waals surface area contributed by atoms with Crippen LogP contribution in [0.1, 0.15) is 21.5 Å². The van der Waals surface area contributed by atoms with Crippen molar-refractivity contribution in [3.63, 3.8) is 0 Å². The normalized spacial score (nSPS) is 14.9. The lowest BCUT2D eigenvalue weighted by molar-refractivity contribution is 0.0664. The third-order valence-corrected chi connectivity index (χ3v) is 4.02. The van der Waals surface area contributed by atoms with Crippen LogP contribution in [0.3, 0.4) is 0 Å². The monoisotopic (exact) mass is 304 g/mol. The first-order valence-electron chi connectivity index (χ1n) is 7.87. The maximum atomic E-state index is 12.6. The first-order valence-corrected chi connectivity index (χ1v) is 7.87. The minimum Gasteiger partial charge on any atom is -0.336 e. The Morgan fingerprint density at radius 1 is 0.870 bits per heavy atom. The van der Waals surface area contributed by atoms with Crippen LogP contribution in [-0.4, -0.2) is 48.9 Å². The molecule has 0 saturated carbocycles. The molecule has 3 nitrogen and oxygen atoms in total. The van der Waals surface area contributed by atoms with E-state index in [-0.39, 0.29) is 5.91 Å². The van der Waals surface area contributed by atoms with Gasteiger partial charge in [0.1, 0.15) is 0 Å². The fourth-order valence-electron chi connectivity index (χ4n) is 2.59. The zero-order valence-electron chi connectivity index (χ0n) is 13.3. The summed E-state index contributed by atoms with van der Waals surface area (Å²) in [4.78, 5) is 16.8. The van der Waals surface area contributed by atoms with E-state index in [0.717, 1.165) is 42.9 Å². The summed E-state index contributed by atoms with van der Waals surface area (Å²) in [6.07, 6.45) is 0. The van der Waals surface area contributed by atoms with Crippen molar-refractivity contribution in [2.24, 2.45) is 0 Å². The lowest BCUT2D eigenvalue weighted by Gasteiger charge is -2.32.